The number of nitrogens with one attached hydrogen (secondary N) is 1. The van der Waals surface area contributed by atoms with Crippen molar-refractivity contribution in [1.29, 1.82) is 0 Å². The van der Waals surface area contributed by atoms with Crippen molar-refractivity contribution in [3.05, 3.63) is 46.0 Å². The molecule has 0 radical (unpaired) electrons. The Labute approximate surface area is 153 Å². The average molecular weight is 441 g/mol. The normalized spacial score (nSPS) is 13.3. The number of thioether (sulfide) groups is 1. The van der Waals surface area contributed by atoms with Crippen LogP contribution >= 0.6 is 34.4 Å². The van der Waals surface area contributed by atoms with Gasteiger partial charge in [0.2, 0.25) is 5.91 Å². The van der Waals surface area contributed by atoms with Gasteiger partial charge in [-0.15, -0.1) is 11.8 Å². The second-order valence-corrected chi connectivity index (χ2v) is 7.19. The van der Waals surface area contributed by atoms with Gasteiger partial charge < -0.3 is 14.8 Å². The highest BCUT2D eigenvalue weighted by Gasteiger charge is 2.12. The highest BCUT2D eigenvalue weighted by molar-refractivity contribution is 14.1. The van der Waals surface area contributed by atoms with Gasteiger partial charge in [0.1, 0.15) is 0 Å². The van der Waals surface area contributed by atoms with Gasteiger partial charge in [0.25, 0.3) is 0 Å². The van der Waals surface area contributed by atoms with E-state index in [4.69, 9.17) is 9.47 Å². The molecular formula is C17H16INO3S. The first-order valence-corrected chi connectivity index (χ1v) is 9.35. The van der Waals surface area contributed by atoms with E-state index in [0.717, 1.165) is 32.1 Å². The number of carbonyl (C=O) groups is 1. The van der Waals surface area contributed by atoms with Crippen molar-refractivity contribution >= 4 is 45.9 Å². The maximum Gasteiger partial charge on any atom is 0.234 e. The summed E-state index contributed by atoms with van der Waals surface area (Å²) in [5.41, 5.74) is 0.845. The molecule has 1 aliphatic heterocycles. The van der Waals surface area contributed by atoms with Gasteiger partial charge in [-0.3, -0.25) is 4.79 Å². The molecule has 0 bridgehead atoms. The van der Waals surface area contributed by atoms with Gasteiger partial charge in [-0.05, 0) is 52.9 Å². The van der Waals surface area contributed by atoms with Gasteiger partial charge in [-0.25, -0.2) is 0 Å². The van der Waals surface area contributed by atoms with E-state index in [0.29, 0.717) is 19.0 Å². The molecule has 1 heterocycles. The lowest BCUT2D eigenvalue weighted by atomic mass is 10.3. The number of rotatable bonds is 4. The Morgan fingerprint density at radius 2 is 1.91 bits per heavy atom. The molecule has 0 saturated heterocycles. The zero-order valence-electron chi connectivity index (χ0n) is 12.4. The van der Waals surface area contributed by atoms with Gasteiger partial charge in [-0.1, -0.05) is 12.1 Å². The van der Waals surface area contributed by atoms with Gasteiger partial charge in [0.15, 0.2) is 11.5 Å². The predicted molar refractivity (Wildman–Crippen MR) is 101 cm³/mol. The number of carbonyl (C=O) groups excluding carboxylic acids is 1. The number of ether oxygens (including phenoxy) is 2. The van der Waals surface area contributed by atoms with Gasteiger partial charge >= 0.3 is 0 Å². The van der Waals surface area contributed by atoms with Crippen LogP contribution in [-0.4, -0.2) is 24.9 Å². The predicted octanol–water partition coefficient (Wildman–Crippen LogP) is 4.18. The third kappa shape index (κ3) is 4.54. The Morgan fingerprint density at radius 3 is 2.74 bits per heavy atom. The standard InChI is InChI=1S/C17H16INO3S/c18-13-4-1-2-5-14(13)19-17(20)11-23-12-6-7-15-16(10-12)22-9-3-8-21-15/h1-2,4-7,10H,3,8-9,11H2,(H,19,20). The summed E-state index contributed by atoms with van der Waals surface area (Å²) in [6, 6.07) is 13.5. The summed E-state index contributed by atoms with van der Waals surface area (Å²) in [7, 11) is 0. The topological polar surface area (TPSA) is 47.6 Å². The van der Waals surface area contributed by atoms with Crippen LogP contribution in [0.1, 0.15) is 6.42 Å². The Kier molecular flexibility index (Phi) is 5.66. The molecule has 0 aromatic heterocycles. The van der Waals surface area contributed by atoms with Crippen LogP contribution in [0.25, 0.3) is 0 Å². The van der Waals surface area contributed by atoms with E-state index in [-0.39, 0.29) is 5.91 Å². The fourth-order valence-corrected chi connectivity index (χ4v) is 3.38. The SMILES string of the molecule is O=C(CSc1ccc2c(c1)OCCCO2)Nc1ccccc1I. The molecule has 0 aliphatic carbocycles. The molecule has 0 saturated carbocycles. The summed E-state index contributed by atoms with van der Waals surface area (Å²) in [4.78, 5) is 13.1. The van der Waals surface area contributed by atoms with E-state index in [1.165, 1.54) is 11.8 Å². The molecule has 120 valence electrons. The summed E-state index contributed by atoms with van der Waals surface area (Å²) in [5.74, 6) is 1.86. The third-order valence-electron chi connectivity index (χ3n) is 3.24. The molecule has 0 unspecified atom stereocenters. The van der Waals surface area contributed by atoms with Crippen LogP contribution in [0.4, 0.5) is 5.69 Å². The van der Waals surface area contributed by atoms with Crippen molar-refractivity contribution in [2.75, 3.05) is 24.3 Å². The lowest BCUT2D eigenvalue weighted by molar-refractivity contribution is -0.113. The van der Waals surface area contributed by atoms with E-state index in [1.54, 1.807) is 0 Å². The average Bonchev–Trinajstić information content (AvgIpc) is 2.80. The van der Waals surface area contributed by atoms with E-state index < -0.39 is 0 Å². The van der Waals surface area contributed by atoms with Gasteiger partial charge in [0, 0.05) is 14.9 Å². The van der Waals surface area contributed by atoms with Crippen molar-refractivity contribution in [3.63, 3.8) is 0 Å². The van der Waals surface area contributed by atoms with E-state index >= 15 is 0 Å². The molecule has 1 aliphatic rings. The molecule has 23 heavy (non-hydrogen) atoms. The van der Waals surface area contributed by atoms with Crippen LogP contribution < -0.4 is 14.8 Å². The Morgan fingerprint density at radius 1 is 1.13 bits per heavy atom. The highest BCUT2D eigenvalue weighted by atomic mass is 127. The van der Waals surface area contributed by atoms with Gasteiger partial charge in [0.05, 0.1) is 24.7 Å². The number of hydrogen-bond acceptors (Lipinski definition) is 4. The minimum absolute atomic E-state index is 0.0220. The summed E-state index contributed by atoms with van der Waals surface area (Å²) in [6.07, 6.45) is 0.884. The minimum atomic E-state index is -0.0220. The molecular weight excluding hydrogens is 425 g/mol. The van der Waals surface area contributed by atoms with Crippen molar-refractivity contribution in [1.82, 2.24) is 0 Å². The lowest BCUT2D eigenvalue weighted by Gasteiger charge is -2.10. The summed E-state index contributed by atoms with van der Waals surface area (Å²) < 4.78 is 12.3. The van der Waals surface area contributed by atoms with Crippen molar-refractivity contribution in [2.24, 2.45) is 0 Å². The van der Waals surface area contributed by atoms with Crippen LogP contribution in [0.5, 0.6) is 11.5 Å². The molecule has 0 atom stereocenters. The first-order chi connectivity index (χ1) is 11.2. The zero-order chi connectivity index (χ0) is 16.1. The molecule has 6 heteroatoms. The number of amides is 1. The number of para-hydroxylation sites is 1. The van der Waals surface area contributed by atoms with Crippen LogP contribution in [0.15, 0.2) is 47.4 Å². The Balaban J connectivity index is 1.59. The molecule has 3 rings (SSSR count). The van der Waals surface area contributed by atoms with Crippen LogP contribution in [0, 0.1) is 3.57 Å². The Bertz CT molecular complexity index is 708. The van der Waals surface area contributed by atoms with Crippen molar-refractivity contribution in [2.45, 2.75) is 11.3 Å². The largest absolute Gasteiger partial charge is 0.490 e. The molecule has 4 nitrogen and oxygen atoms in total. The second kappa shape index (κ2) is 7.92. The maximum atomic E-state index is 12.1. The highest BCUT2D eigenvalue weighted by Crippen LogP contribution is 2.33. The van der Waals surface area contributed by atoms with Crippen LogP contribution in [0.2, 0.25) is 0 Å². The number of fused-ring (bicyclic) bond motifs is 1. The number of hydrogen-bond donors (Lipinski definition) is 1. The van der Waals surface area contributed by atoms with Crippen LogP contribution in [-0.2, 0) is 4.79 Å². The molecule has 0 spiro atoms. The number of benzene rings is 2. The van der Waals surface area contributed by atoms with E-state index in [9.17, 15) is 4.79 Å². The lowest BCUT2D eigenvalue weighted by Crippen LogP contribution is -2.14. The fourth-order valence-electron chi connectivity index (χ4n) is 2.13. The molecule has 2 aromatic rings. The first kappa shape index (κ1) is 16.4. The van der Waals surface area contributed by atoms with E-state index in [2.05, 4.69) is 27.9 Å². The smallest absolute Gasteiger partial charge is 0.234 e. The second-order valence-electron chi connectivity index (χ2n) is 4.98. The first-order valence-electron chi connectivity index (χ1n) is 7.29. The summed E-state index contributed by atoms with van der Waals surface area (Å²) in [6.45, 7) is 1.34. The zero-order valence-corrected chi connectivity index (χ0v) is 15.4. The monoisotopic (exact) mass is 441 g/mol. The quantitative estimate of drug-likeness (QED) is 0.572. The molecule has 1 amide bonds. The van der Waals surface area contributed by atoms with Crippen molar-refractivity contribution < 1.29 is 14.3 Å². The van der Waals surface area contributed by atoms with Gasteiger partial charge in [-0.2, -0.15) is 0 Å². The summed E-state index contributed by atoms with van der Waals surface area (Å²) >= 11 is 3.69. The molecule has 1 N–H and O–H groups in total. The van der Waals surface area contributed by atoms with E-state index in [1.807, 2.05) is 42.5 Å². The Hall–Kier alpha value is -1.41. The minimum Gasteiger partial charge on any atom is -0.490 e. The summed E-state index contributed by atoms with van der Waals surface area (Å²) in [5, 5.41) is 2.93. The van der Waals surface area contributed by atoms with Crippen molar-refractivity contribution in [3.8, 4) is 11.5 Å². The number of anilines is 1. The van der Waals surface area contributed by atoms with Crippen LogP contribution in [0.3, 0.4) is 0 Å². The maximum absolute atomic E-state index is 12.1. The number of halogens is 1. The molecule has 2 aromatic carbocycles. The fraction of sp³-hybridized carbons (Fsp3) is 0.235. The molecule has 0 fully saturated rings. The third-order valence-corrected chi connectivity index (χ3v) is 5.17.